The maximum Gasteiger partial charge on any atom is 0.329 e. The highest BCUT2D eigenvalue weighted by molar-refractivity contribution is 5.90. The Morgan fingerprint density at radius 2 is 1.75 bits per heavy atom. The molecule has 4 heteroatoms. The number of hydrogen-bond acceptors (Lipinski definition) is 2. The van der Waals surface area contributed by atoms with E-state index in [0.29, 0.717) is 18.9 Å². The summed E-state index contributed by atoms with van der Waals surface area (Å²) in [5, 5.41) is 9.51. The smallest absolute Gasteiger partial charge is 0.329 e. The number of hydrogen-bond donors (Lipinski definition) is 1. The van der Waals surface area contributed by atoms with Crippen molar-refractivity contribution >= 4 is 11.9 Å². The predicted octanol–water partition coefficient (Wildman–Crippen LogP) is 3.06. The monoisotopic (exact) mass is 281 g/mol. The topological polar surface area (TPSA) is 57.6 Å². The van der Waals surface area contributed by atoms with Crippen molar-refractivity contribution < 1.29 is 14.7 Å². The molecule has 1 heterocycles. The molecule has 0 spiro atoms. The first-order valence-corrected chi connectivity index (χ1v) is 7.87. The molecule has 0 aromatic heterocycles. The fourth-order valence-corrected chi connectivity index (χ4v) is 4.14. The zero-order valence-electron chi connectivity index (χ0n) is 12.9. The lowest BCUT2D eigenvalue weighted by Crippen LogP contribution is -2.55. The van der Waals surface area contributed by atoms with Crippen LogP contribution < -0.4 is 0 Å². The summed E-state index contributed by atoms with van der Waals surface area (Å²) in [6, 6.07) is 0. The van der Waals surface area contributed by atoms with E-state index in [4.69, 9.17) is 0 Å². The van der Waals surface area contributed by atoms with Crippen LogP contribution in [0.3, 0.4) is 0 Å². The minimum absolute atomic E-state index is 0.103. The SMILES string of the molecule is CC(C)CC1(C(=O)N2CCCC2(C)C(=O)O)CCCC1. The lowest BCUT2D eigenvalue weighted by atomic mass is 9.76. The van der Waals surface area contributed by atoms with Crippen molar-refractivity contribution in [3.05, 3.63) is 0 Å². The third kappa shape index (κ3) is 2.45. The summed E-state index contributed by atoms with van der Waals surface area (Å²) in [6.45, 7) is 6.60. The van der Waals surface area contributed by atoms with E-state index in [-0.39, 0.29) is 11.3 Å². The first kappa shape index (κ1) is 15.3. The third-order valence-corrected chi connectivity index (χ3v) is 5.16. The molecular formula is C16H27NO3. The van der Waals surface area contributed by atoms with Crippen molar-refractivity contribution in [2.24, 2.45) is 11.3 Å². The fraction of sp³-hybridized carbons (Fsp3) is 0.875. The zero-order chi connectivity index (χ0) is 15.0. The minimum atomic E-state index is -0.996. The van der Waals surface area contributed by atoms with Gasteiger partial charge in [-0.1, -0.05) is 26.7 Å². The summed E-state index contributed by atoms with van der Waals surface area (Å²) in [7, 11) is 0. The second kappa shape index (κ2) is 5.38. The zero-order valence-corrected chi connectivity index (χ0v) is 12.9. The maximum absolute atomic E-state index is 13.1. The molecular weight excluding hydrogens is 254 g/mol. The van der Waals surface area contributed by atoms with E-state index in [9.17, 15) is 14.7 Å². The molecule has 2 fully saturated rings. The molecule has 114 valence electrons. The van der Waals surface area contributed by atoms with Crippen LogP contribution in [0.2, 0.25) is 0 Å². The summed E-state index contributed by atoms with van der Waals surface area (Å²) >= 11 is 0. The van der Waals surface area contributed by atoms with Gasteiger partial charge in [0.05, 0.1) is 0 Å². The molecule has 0 aromatic carbocycles. The number of amides is 1. The predicted molar refractivity (Wildman–Crippen MR) is 77.3 cm³/mol. The minimum Gasteiger partial charge on any atom is -0.480 e. The maximum atomic E-state index is 13.1. The highest BCUT2D eigenvalue weighted by Crippen LogP contribution is 2.47. The molecule has 2 aliphatic rings. The number of nitrogens with zero attached hydrogens (tertiary/aromatic N) is 1. The van der Waals surface area contributed by atoms with E-state index < -0.39 is 11.5 Å². The van der Waals surface area contributed by atoms with Gasteiger partial charge in [0.2, 0.25) is 5.91 Å². The average molecular weight is 281 g/mol. The van der Waals surface area contributed by atoms with Crippen LogP contribution in [-0.2, 0) is 9.59 Å². The summed E-state index contributed by atoms with van der Waals surface area (Å²) < 4.78 is 0. The van der Waals surface area contributed by atoms with Crippen LogP contribution in [0.4, 0.5) is 0 Å². The van der Waals surface area contributed by atoms with Crippen LogP contribution in [0.15, 0.2) is 0 Å². The molecule has 0 radical (unpaired) electrons. The molecule has 0 bridgehead atoms. The van der Waals surface area contributed by atoms with Crippen molar-refractivity contribution in [2.45, 2.75) is 71.3 Å². The molecule has 20 heavy (non-hydrogen) atoms. The van der Waals surface area contributed by atoms with Crippen LogP contribution in [0.1, 0.15) is 65.7 Å². The van der Waals surface area contributed by atoms with Gasteiger partial charge in [-0.3, -0.25) is 4.79 Å². The molecule has 1 N–H and O–H groups in total. The second-order valence-corrected chi connectivity index (χ2v) is 7.22. The van der Waals surface area contributed by atoms with Gasteiger partial charge in [0, 0.05) is 12.0 Å². The molecule has 1 amide bonds. The number of carboxylic acid groups (broad SMARTS) is 1. The highest BCUT2D eigenvalue weighted by Gasteiger charge is 2.52. The quantitative estimate of drug-likeness (QED) is 0.861. The summed E-state index contributed by atoms with van der Waals surface area (Å²) in [5.74, 6) is -0.289. The van der Waals surface area contributed by atoms with E-state index >= 15 is 0 Å². The number of likely N-dealkylation sites (tertiary alicyclic amines) is 1. The number of carbonyl (C=O) groups is 2. The van der Waals surface area contributed by atoms with Crippen molar-refractivity contribution in [1.82, 2.24) is 4.90 Å². The molecule has 1 atom stereocenters. The lowest BCUT2D eigenvalue weighted by molar-refractivity contribution is -0.160. The second-order valence-electron chi connectivity index (χ2n) is 7.22. The van der Waals surface area contributed by atoms with Gasteiger partial charge in [-0.05, 0) is 44.9 Å². The number of rotatable bonds is 4. The molecule has 2 rings (SSSR count). The van der Waals surface area contributed by atoms with E-state index in [2.05, 4.69) is 13.8 Å². The van der Waals surface area contributed by atoms with E-state index in [0.717, 1.165) is 38.5 Å². The van der Waals surface area contributed by atoms with Gasteiger partial charge in [0.25, 0.3) is 0 Å². The Labute approximate surface area is 121 Å². The highest BCUT2D eigenvalue weighted by atomic mass is 16.4. The standard InChI is InChI=1S/C16H27NO3/c1-12(2)11-16(8-4-5-9-16)13(18)17-10-6-7-15(17,3)14(19)20/h12H,4-11H2,1-3H3,(H,19,20). The molecule has 1 aliphatic heterocycles. The van der Waals surface area contributed by atoms with Gasteiger partial charge in [-0.15, -0.1) is 0 Å². The van der Waals surface area contributed by atoms with E-state index in [1.807, 2.05) is 0 Å². The Hall–Kier alpha value is -1.06. The van der Waals surface area contributed by atoms with Crippen LogP contribution >= 0.6 is 0 Å². The molecule has 1 unspecified atom stereocenters. The summed E-state index contributed by atoms with van der Waals surface area (Å²) in [4.78, 5) is 26.3. The molecule has 4 nitrogen and oxygen atoms in total. The lowest BCUT2D eigenvalue weighted by Gasteiger charge is -2.39. The van der Waals surface area contributed by atoms with Gasteiger partial charge in [-0.25, -0.2) is 4.79 Å². The van der Waals surface area contributed by atoms with Crippen LogP contribution in [0, 0.1) is 11.3 Å². The first-order valence-electron chi connectivity index (χ1n) is 7.87. The van der Waals surface area contributed by atoms with Gasteiger partial charge in [0.15, 0.2) is 0 Å². The van der Waals surface area contributed by atoms with E-state index in [1.54, 1.807) is 11.8 Å². The van der Waals surface area contributed by atoms with Gasteiger partial charge >= 0.3 is 5.97 Å². The first-order chi connectivity index (χ1) is 9.32. The molecule has 0 aromatic rings. The summed E-state index contributed by atoms with van der Waals surface area (Å²) in [5.41, 5.74) is -1.29. The Kier molecular flexibility index (Phi) is 4.12. The summed E-state index contributed by atoms with van der Waals surface area (Å²) in [6.07, 6.45) is 6.30. The van der Waals surface area contributed by atoms with E-state index in [1.165, 1.54) is 0 Å². The molecule has 1 saturated carbocycles. The van der Waals surface area contributed by atoms with Crippen LogP contribution in [0.5, 0.6) is 0 Å². The Bertz CT molecular complexity index is 399. The molecule has 1 saturated heterocycles. The van der Waals surface area contributed by atoms with Crippen molar-refractivity contribution in [3.63, 3.8) is 0 Å². The molecule has 1 aliphatic carbocycles. The van der Waals surface area contributed by atoms with Gasteiger partial charge < -0.3 is 10.0 Å². The Balaban J connectivity index is 2.26. The fourth-order valence-electron chi connectivity index (χ4n) is 4.14. The normalized spacial score (nSPS) is 29.1. The van der Waals surface area contributed by atoms with Crippen molar-refractivity contribution in [3.8, 4) is 0 Å². The van der Waals surface area contributed by atoms with Crippen molar-refractivity contribution in [1.29, 1.82) is 0 Å². The van der Waals surface area contributed by atoms with Gasteiger partial charge in [0.1, 0.15) is 5.54 Å². The third-order valence-electron chi connectivity index (χ3n) is 5.16. The number of carbonyl (C=O) groups excluding carboxylic acids is 1. The van der Waals surface area contributed by atoms with Crippen molar-refractivity contribution in [2.75, 3.05) is 6.54 Å². The Morgan fingerprint density at radius 1 is 1.15 bits per heavy atom. The van der Waals surface area contributed by atoms with Gasteiger partial charge in [-0.2, -0.15) is 0 Å². The number of aliphatic carboxylic acids is 1. The van der Waals surface area contributed by atoms with Crippen LogP contribution in [0.25, 0.3) is 0 Å². The Morgan fingerprint density at radius 3 is 2.25 bits per heavy atom. The largest absolute Gasteiger partial charge is 0.480 e. The average Bonchev–Trinajstić information content (AvgIpc) is 2.96. The van der Waals surface area contributed by atoms with Crippen LogP contribution in [-0.4, -0.2) is 34.0 Å². The number of carboxylic acids is 1.